The summed E-state index contributed by atoms with van der Waals surface area (Å²) in [5.74, 6) is -0.777. The standard InChI is InChI=1S/C12H22O4/c1-8(11(14)16-12(2,3)4)10(13)9-5-6-15-7-9/h8-10,13H,5-7H2,1-4H3. The second-order valence-electron chi connectivity index (χ2n) is 5.44. The number of carbonyl (C=O) groups is 1. The number of aliphatic hydroxyl groups is 1. The zero-order chi connectivity index (χ0) is 12.3. The Kier molecular flexibility index (Phi) is 4.33. The van der Waals surface area contributed by atoms with Crippen molar-refractivity contribution in [2.24, 2.45) is 11.8 Å². The number of aliphatic hydroxyl groups excluding tert-OH is 1. The molecule has 3 unspecified atom stereocenters. The van der Waals surface area contributed by atoms with Gasteiger partial charge in [-0.2, -0.15) is 0 Å². The largest absolute Gasteiger partial charge is 0.460 e. The highest BCUT2D eigenvalue weighted by atomic mass is 16.6. The lowest BCUT2D eigenvalue weighted by atomic mass is 9.91. The summed E-state index contributed by atoms with van der Waals surface area (Å²) in [4.78, 5) is 11.7. The molecule has 1 aliphatic rings. The number of carbonyl (C=O) groups excluding carboxylic acids is 1. The summed E-state index contributed by atoms with van der Waals surface area (Å²) in [6, 6.07) is 0. The predicted molar refractivity (Wildman–Crippen MR) is 59.9 cm³/mol. The van der Waals surface area contributed by atoms with E-state index < -0.39 is 17.6 Å². The first-order valence-corrected chi connectivity index (χ1v) is 5.80. The van der Waals surface area contributed by atoms with Gasteiger partial charge in [0.25, 0.3) is 0 Å². The molecule has 0 aromatic heterocycles. The lowest BCUT2D eigenvalue weighted by Gasteiger charge is -2.26. The van der Waals surface area contributed by atoms with E-state index in [9.17, 15) is 9.90 Å². The van der Waals surface area contributed by atoms with Crippen molar-refractivity contribution in [2.75, 3.05) is 13.2 Å². The molecule has 3 atom stereocenters. The third-order valence-corrected chi connectivity index (χ3v) is 2.74. The van der Waals surface area contributed by atoms with Crippen molar-refractivity contribution in [1.82, 2.24) is 0 Å². The second kappa shape index (κ2) is 5.15. The molecule has 0 amide bonds. The first-order chi connectivity index (χ1) is 7.31. The Morgan fingerprint density at radius 3 is 2.56 bits per heavy atom. The van der Waals surface area contributed by atoms with E-state index in [1.165, 1.54) is 0 Å². The monoisotopic (exact) mass is 230 g/mol. The summed E-state index contributed by atoms with van der Waals surface area (Å²) < 4.78 is 10.4. The maximum absolute atomic E-state index is 11.7. The van der Waals surface area contributed by atoms with Crippen molar-refractivity contribution in [1.29, 1.82) is 0 Å². The van der Waals surface area contributed by atoms with Gasteiger partial charge in [0.2, 0.25) is 0 Å². The molecule has 0 aromatic carbocycles. The summed E-state index contributed by atoms with van der Waals surface area (Å²) in [6.45, 7) is 8.38. The van der Waals surface area contributed by atoms with Crippen molar-refractivity contribution >= 4 is 5.97 Å². The molecule has 0 saturated carbocycles. The quantitative estimate of drug-likeness (QED) is 0.744. The van der Waals surface area contributed by atoms with Crippen LogP contribution in [0.25, 0.3) is 0 Å². The van der Waals surface area contributed by atoms with E-state index in [2.05, 4.69) is 0 Å². The number of esters is 1. The van der Waals surface area contributed by atoms with Gasteiger partial charge in [0.05, 0.1) is 18.6 Å². The average molecular weight is 230 g/mol. The highest BCUT2D eigenvalue weighted by molar-refractivity contribution is 5.73. The Balaban J connectivity index is 2.49. The van der Waals surface area contributed by atoms with Gasteiger partial charge in [-0.05, 0) is 34.1 Å². The Morgan fingerprint density at radius 2 is 2.12 bits per heavy atom. The molecule has 0 spiro atoms. The van der Waals surface area contributed by atoms with Crippen LogP contribution < -0.4 is 0 Å². The summed E-state index contributed by atoms with van der Waals surface area (Å²) in [5, 5.41) is 10.0. The van der Waals surface area contributed by atoms with Gasteiger partial charge in [-0.25, -0.2) is 0 Å². The van der Waals surface area contributed by atoms with Crippen LogP contribution in [0.3, 0.4) is 0 Å². The van der Waals surface area contributed by atoms with Gasteiger partial charge < -0.3 is 14.6 Å². The normalized spacial score (nSPS) is 25.2. The van der Waals surface area contributed by atoms with Crippen molar-refractivity contribution in [3.63, 3.8) is 0 Å². The third-order valence-electron chi connectivity index (χ3n) is 2.74. The number of hydrogen-bond donors (Lipinski definition) is 1. The van der Waals surface area contributed by atoms with Crippen LogP contribution in [0.5, 0.6) is 0 Å². The Hall–Kier alpha value is -0.610. The Morgan fingerprint density at radius 1 is 1.50 bits per heavy atom. The van der Waals surface area contributed by atoms with Gasteiger partial charge in [0, 0.05) is 12.5 Å². The van der Waals surface area contributed by atoms with Crippen LogP contribution >= 0.6 is 0 Å². The lowest BCUT2D eigenvalue weighted by molar-refractivity contribution is -0.164. The molecule has 4 heteroatoms. The maximum Gasteiger partial charge on any atom is 0.311 e. The molecule has 1 fully saturated rings. The van der Waals surface area contributed by atoms with Gasteiger partial charge in [-0.1, -0.05) is 0 Å². The van der Waals surface area contributed by atoms with E-state index in [-0.39, 0.29) is 11.9 Å². The molecule has 1 aliphatic heterocycles. The first-order valence-electron chi connectivity index (χ1n) is 5.80. The molecule has 16 heavy (non-hydrogen) atoms. The minimum absolute atomic E-state index is 0.0579. The second-order valence-corrected chi connectivity index (χ2v) is 5.44. The minimum Gasteiger partial charge on any atom is -0.460 e. The first kappa shape index (κ1) is 13.5. The van der Waals surface area contributed by atoms with E-state index >= 15 is 0 Å². The highest BCUT2D eigenvalue weighted by Gasteiger charge is 2.34. The molecule has 1 rings (SSSR count). The zero-order valence-electron chi connectivity index (χ0n) is 10.5. The molecule has 1 heterocycles. The fraction of sp³-hybridized carbons (Fsp3) is 0.917. The predicted octanol–water partition coefficient (Wildman–Crippen LogP) is 1.36. The average Bonchev–Trinajstić information content (AvgIpc) is 2.65. The van der Waals surface area contributed by atoms with E-state index in [1.54, 1.807) is 6.92 Å². The topological polar surface area (TPSA) is 55.8 Å². The van der Waals surface area contributed by atoms with Crippen LogP contribution in [0.4, 0.5) is 0 Å². The third kappa shape index (κ3) is 3.76. The molecule has 0 aliphatic carbocycles. The van der Waals surface area contributed by atoms with Crippen LogP contribution in [0.1, 0.15) is 34.1 Å². The van der Waals surface area contributed by atoms with Crippen molar-refractivity contribution < 1.29 is 19.4 Å². The van der Waals surface area contributed by atoms with Gasteiger partial charge in [0.15, 0.2) is 0 Å². The van der Waals surface area contributed by atoms with Crippen molar-refractivity contribution in [3.8, 4) is 0 Å². The molecular formula is C12H22O4. The Labute approximate surface area is 96.9 Å². The molecule has 94 valence electrons. The Bertz CT molecular complexity index is 238. The minimum atomic E-state index is -0.669. The van der Waals surface area contributed by atoms with Gasteiger partial charge >= 0.3 is 5.97 Å². The molecular weight excluding hydrogens is 208 g/mol. The van der Waals surface area contributed by atoms with E-state index in [0.717, 1.165) is 6.42 Å². The molecule has 0 aromatic rings. The van der Waals surface area contributed by atoms with Gasteiger partial charge in [-0.15, -0.1) is 0 Å². The van der Waals surface area contributed by atoms with E-state index in [4.69, 9.17) is 9.47 Å². The fourth-order valence-corrected chi connectivity index (χ4v) is 1.76. The summed E-state index contributed by atoms with van der Waals surface area (Å²) in [5.41, 5.74) is -0.503. The van der Waals surface area contributed by atoms with Gasteiger partial charge in [0.1, 0.15) is 5.60 Å². The van der Waals surface area contributed by atoms with Crippen LogP contribution in [0.15, 0.2) is 0 Å². The smallest absolute Gasteiger partial charge is 0.311 e. The fourth-order valence-electron chi connectivity index (χ4n) is 1.76. The molecule has 0 bridgehead atoms. The summed E-state index contributed by atoms with van der Waals surface area (Å²) >= 11 is 0. The number of ether oxygens (including phenoxy) is 2. The molecule has 4 nitrogen and oxygen atoms in total. The lowest BCUT2D eigenvalue weighted by Crippen LogP contribution is -2.37. The number of rotatable bonds is 3. The SMILES string of the molecule is CC(C(=O)OC(C)(C)C)C(O)C1CCOC1. The van der Waals surface area contributed by atoms with E-state index in [0.29, 0.717) is 13.2 Å². The van der Waals surface area contributed by atoms with Gasteiger partial charge in [-0.3, -0.25) is 4.79 Å². The van der Waals surface area contributed by atoms with Crippen LogP contribution in [-0.2, 0) is 14.3 Å². The summed E-state index contributed by atoms with van der Waals surface area (Å²) in [6.07, 6.45) is 0.145. The molecule has 1 saturated heterocycles. The van der Waals surface area contributed by atoms with Crippen molar-refractivity contribution in [3.05, 3.63) is 0 Å². The summed E-state index contributed by atoms with van der Waals surface area (Å²) in [7, 11) is 0. The van der Waals surface area contributed by atoms with Crippen LogP contribution in [-0.4, -0.2) is 36.0 Å². The number of hydrogen-bond acceptors (Lipinski definition) is 4. The van der Waals surface area contributed by atoms with Crippen LogP contribution in [0, 0.1) is 11.8 Å². The van der Waals surface area contributed by atoms with E-state index in [1.807, 2.05) is 20.8 Å². The highest BCUT2D eigenvalue weighted by Crippen LogP contribution is 2.24. The zero-order valence-corrected chi connectivity index (χ0v) is 10.5. The molecule has 0 radical (unpaired) electrons. The maximum atomic E-state index is 11.7. The van der Waals surface area contributed by atoms with Crippen molar-refractivity contribution in [2.45, 2.75) is 45.8 Å². The molecule has 1 N–H and O–H groups in total. The van der Waals surface area contributed by atoms with Crippen LogP contribution in [0.2, 0.25) is 0 Å².